The molecule has 2 heterocycles. The highest BCUT2D eigenvalue weighted by Gasteiger charge is 2.52. The topological polar surface area (TPSA) is 45.3 Å². The van der Waals surface area contributed by atoms with Crippen LogP contribution in [-0.2, 0) is 16.1 Å². The fourth-order valence-electron chi connectivity index (χ4n) is 6.10. The zero-order valence-electron chi connectivity index (χ0n) is 17.9. The summed E-state index contributed by atoms with van der Waals surface area (Å²) in [6.45, 7) is 4.32. The van der Waals surface area contributed by atoms with Crippen LogP contribution in [0.2, 0.25) is 0 Å². The monoisotopic (exact) mass is 402 g/mol. The predicted molar refractivity (Wildman–Crippen MR) is 119 cm³/mol. The van der Waals surface area contributed by atoms with Gasteiger partial charge in [0.05, 0.1) is 13.0 Å². The van der Waals surface area contributed by atoms with Crippen LogP contribution in [0.25, 0.3) is 10.9 Å². The highest BCUT2D eigenvalue weighted by molar-refractivity contribution is 5.89. The maximum atomic E-state index is 12.9. The van der Waals surface area contributed by atoms with Gasteiger partial charge in [-0.3, -0.25) is 9.69 Å². The van der Waals surface area contributed by atoms with Gasteiger partial charge in [0.2, 0.25) is 0 Å². The van der Waals surface area contributed by atoms with Gasteiger partial charge in [0.25, 0.3) is 0 Å². The number of aromatic amines is 1. The molecule has 0 radical (unpaired) electrons. The Balaban J connectivity index is 1.69. The van der Waals surface area contributed by atoms with Gasteiger partial charge in [0.15, 0.2) is 0 Å². The number of hydrogen-bond acceptors (Lipinski definition) is 3. The first-order valence-corrected chi connectivity index (χ1v) is 11.1. The van der Waals surface area contributed by atoms with E-state index in [0.29, 0.717) is 6.04 Å². The number of benzene rings is 2. The molecule has 156 valence electrons. The van der Waals surface area contributed by atoms with Crippen molar-refractivity contribution in [3.05, 3.63) is 71.4 Å². The number of esters is 1. The van der Waals surface area contributed by atoms with Crippen molar-refractivity contribution in [2.75, 3.05) is 13.7 Å². The Bertz CT molecular complexity index is 1060. The van der Waals surface area contributed by atoms with Crippen LogP contribution >= 0.6 is 0 Å². The summed E-state index contributed by atoms with van der Waals surface area (Å²) in [5.74, 6) is -0.334. The molecule has 3 atom stereocenters. The van der Waals surface area contributed by atoms with Crippen LogP contribution in [0.5, 0.6) is 0 Å². The van der Waals surface area contributed by atoms with E-state index in [2.05, 4.69) is 71.4 Å². The Morgan fingerprint density at radius 3 is 2.70 bits per heavy atom. The van der Waals surface area contributed by atoms with Crippen molar-refractivity contribution in [1.82, 2.24) is 9.88 Å². The van der Waals surface area contributed by atoms with E-state index in [0.717, 1.165) is 43.6 Å². The minimum Gasteiger partial charge on any atom is -0.469 e. The molecular formula is C26H30N2O2. The van der Waals surface area contributed by atoms with E-state index >= 15 is 0 Å². The third-order valence-corrected chi connectivity index (χ3v) is 7.49. The summed E-state index contributed by atoms with van der Waals surface area (Å²) in [5, 5.41) is 1.25. The molecule has 1 N–H and O–H groups in total. The number of fused-ring (bicyclic) bond motifs is 5. The molecule has 4 heteroatoms. The zero-order chi connectivity index (χ0) is 20.7. The lowest BCUT2D eigenvalue weighted by Gasteiger charge is -2.54. The lowest BCUT2D eigenvalue weighted by molar-refractivity contribution is -0.145. The van der Waals surface area contributed by atoms with E-state index in [1.54, 1.807) is 0 Å². The third kappa shape index (κ3) is 2.97. The molecule has 0 unspecified atom stereocenters. The van der Waals surface area contributed by atoms with Crippen LogP contribution < -0.4 is 0 Å². The van der Waals surface area contributed by atoms with Crippen LogP contribution in [0.15, 0.2) is 54.6 Å². The molecule has 4 nitrogen and oxygen atoms in total. The number of H-pyrrole nitrogens is 1. The van der Waals surface area contributed by atoms with Gasteiger partial charge in [-0.25, -0.2) is 0 Å². The minimum absolute atomic E-state index is 0.0872. The second-order valence-electron chi connectivity index (χ2n) is 8.96. The van der Waals surface area contributed by atoms with Gasteiger partial charge in [-0.15, -0.1) is 0 Å². The fourth-order valence-corrected chi connectivity index (χ4v) is 6.10. The molecule has 1 fully saturated rings. The number of carbonyl (C=O) groups is 1. The molecule has 3 aromatic rings. The highest BCUT2D eigenvalue weighted by atomic mass is 16.5. The fraction of sp³-hybridized carbons (Fsp3) is 0.423. The molecule has 1 aliphatic carbocycles. The van der Waals surface area contributed by atoms with Gasteiger partial charge >= 0.3 is 5.97 Å². The van der Waals surface area contributed by atoms with Crippen LogP contribution in [0, 0.1) is 5.41 Å². The molecule has 30 heavy (non-hydrogen) atoms. The number of methoxy groups -OCH3 is 1. The highest BCUT2D eigenvalue weighted by Crippen LogP contribution is 2.59. The Kier molecular flexibility index (Phi) is 4.90. The zero-order valence-corrected chi connectivity index (χ0v) is 17.9. The van der Waals surface area contributed by atoms with Crippen LogP contribution in [0.1, 0.15) is 61.4 Å². The van der Waals surface area contributed by atoms with Gasteiger partial charge in [0.1, 0.15) is 0 Å². The van der Waals surface area contributed by atoms with E-state index < -0.39 is 0 Å². The number of carbonyl (C=O) groups excluding carboxylic acids is 1. The number of nitrogens with one attached hydrogen (secondary N) is 1. The smallest absolute Gasteiger partial charge is 0.314 e. The molecule has 0 saturated carbocycles. The predicted octanol–water partition coefficient (Wildman–Crippen LogP) is 5.56. The van der Waals surface area contributed by atoms with E-state index in [1.165, 1.54) is 30.0 Å². The first-order chi connectivity index (χ1) is 14.7. The van der Waals surface area contributed by atoms with E-state index in [4.69, 9.17) is 4.74 Å². The standard InChI is InChI=1S/C26H30N2O2/c1-3-26-14-9-15-28(17-18-10-5-4-6-11-18)24(26)22-19-12-7-8-13-21(19)27-23(22)20(16-26)25(29)30-2/h4-8,10-13,20,24,27H,3,9,14-17H2,1-2H3/t20-,24-,26-/m1/s1. The molecule has 0 amide bonds. The third-order valence-electron chi connectivity index (χ3n) is 7.49. The molecule has 2 aliphatic rings. The largest absolute Gasteiger partial charge is 0.469 e. The molecule has 1 aliphatic heterocycles. The van der Waals surface area contributed by atoms with Crippen molar-refractivity contribution < 1.29 is 9.53 Å². The summed E-state index contributed by atoms with van der Waals surface area (Å²) in [6, 6.07) is 19.6. The number of ether oxygens (including phenoxy) is 1. The summed E-state index contributed by atoms with van der Waals surface area (Å²) >= 11 is 0. The second-order valence-corrected chi connectivity index (χ2v) is 8.96. The number of rotatable bonds is 4. The molecule has 2 aromatic carbocycles. The van der Waals surface area contributed by atoms with Crippen molar-refractivity contribution in [3.8, 4) is 0 Å². The normalized spacial score (nSPS) is 26.2. The summed E-state index contributed by atoms with van der Waals surface area (Å²) in [7, 11) is 1.51. The lowest BCUT2D eigenvalue weighted by Crippen LogP contribution is -2.49. The average Bonchev–Trinajstić information content (AvgIpc) is 3.18. The first-order valence-electron chi connectivity index (χ1n) is 11.1. The molecule has 0 spiro atoms. The SMILES string of the molecule is CC[C@]12CCCN(Cc3ccccc3)[C@@H]1c1c([nH]c3ccccc13)[C@H](C(=O)OC)C2. The number of hydrogen-bond donors (Lipinski definition) is 1. The number of aromatic nitrogens is 1. The van der Waals surface area contributed by atoms with E-state index in [-0.39, 0.29) is 17.3 Å². The van der Waals surface area contributed by atoms with Gasteiger partial charge in [0, 0.05) is 29.2 Å². The lowest BCUT2D eigenvalue weighted by atomic mass is 9.59. The van der Waals surface area contributed by atoms with Crippen molar-refractivity contribution in [2.24, 2.45) is 5.41 Å². The molecule has 0 bridgehead atoms. The van der Waals surface area contributed by atoms with Crippen molar-refractivity contribution >= 4 is 16.9 Å². The van der Waals surface area contributed by atoms with Crippen LogP contribution in [0.4, 0.5) is 0 Å². The summed E-state index contributed by atoms with van der Waals surface area (Å²) < 4.78 is 5.26. The van der Waals surface area contributed by atoms with Crippen LogP contribution in [0.3, 0.4) is 0 Å². The van der Waals surface area contributed by atoms with Crippen LogP contribution in [-0.4, -0.2) is 29.5 Å². The minimum atomic E-state index is -0.217. The quantitative estimate of drug-likeness (QED) is 0.581. The van der Waals surface area contributed by atoms with Gasteiger partial charge in [-0.05, 0) is 54.8 Å². The average molecular weight is 403 g/mol. The molecule has 1 aromatic heterocycles. The van der Waals surface area contributed by atoms with Crippen molar-refractivity contribution in [1.29, 1.82) is 0 Å². The Morgan fingerprint density at radius 2 is 1.93 bits per heavy atom. The summed E-state index contributed by atoms with van der Waals surface area (Å²) in [6.07, 6.45) is 4.25. The van der Waals surface area contributed by atoms with E-state index in [1.807, 2.05) is 0 Å². The number of likely N-dealkylation sites (tertiary alicyclic amines) is 1. The van der Waals surface area contributed by atoms with E-state index in [9.17, 15) is 4.79 Å². The maximum Gasteiger partial charge on any atom is 0.314 e. The van der Waals surface area contributed by atoms with Crippen molar-refractivity contribution in [3.63, 3.8) is 0 Å². The van der Waals surface area contributed by atoms with Gasteiger partial charge in [-0.1, -0.05) is 55.5 Å². The molecule has 1 saturated heterocycles. The number of piperidine rings is 1. The van der Waals surface area contributed by atoms with Crippen molar-refractivity contribution in [2.45, 2.75) is 51.1 Å². The maximum absolute atomic E-state index is 12.9. The molecular weight excluding hydrogens is 372 g/mol. The van der Waals surface area contributed by atoms with Gasteiger partial charge < -0.3 is 9.72 Å². The van der Waals surface area contributed by atoms with Gasteiger partial charge in [-0.2, -0.15) is 0 Å². The molecule has 5 rings (SSSR count). The Labute approximate surface area is 178 Å². The Hall–Kier alpha value is -2.59. The first kappa shape index (κ1) is 19.4. The number of nitrogens with zero attached hydrogens (tertiary/aromatic N) is 1. The summed E-state index contributed by atoms with van der Waals surface area (Å²) in [4.78, 5) is 19.1. The Morgan fingerprint density at radius 1 is 1.17 bits per heavy atom. The summed E-state index contributed by atoms with van der Waals surface area (Å²) in [5.41, 5.74) is 4.94. The number of para-hydroxylation sites is 1. The second kappa shape index (κ2) is 7.59.